The zero-order valence-electron chi connectivity index (χ0n) is 9.45. The second kappa shape index (κ2) is 5.47. The highest BCUT2D eigenvalue weighted by molar-refractivity contribution is 5.82. The molecule has 3 heteroatoms. The predicted octanol–water partition coefficient (Wildman–Crippen LogP) is 1.32. The number of rotatable bonds is 5. The summed E-state index contributed by atoms with van der Waals surface area (Å²) in [5.41, 5.74) is 0. The third kappa shape index (κ3) is 3.07. The molecule has 1 heterocycles. The molecule has 82 valence electrons. The van der Waals surface area contributed by atoms with Gasteiger partial charge in [-0.05, 0) is 12.8 Å². The van der Waals surface area contributed by atoms with E-state index in [2.05, 4.69) is 11.8 Å². The van der Waals surface area contributed by atoms with Crippen molar-refractivity contribution in [2.45, 2.75) is 32.8 Å². The lowest BCUT2D eigenvalue weighted by atomic mass is 10.0. The molecule has 1 saturated heterocycles. The molecule has 0 aromatic rings. The SMILES string of the molecule is CCC(C)C(=O)CN1CCC(OC)C1. The van der Waals surface area contributed by atoms with Crippen LogP contribution in [-0.4, -0.2) is 43.5 Å². The lowest BCUT2D eigenvalue weighted by Crippen LogP contribution is -2.31. The van der Waals surface area contributed by atoms with Crippen molar-refractivity contribution < 1.29 is 9.53 Å². The van der Waals surface area contributed by atoms with Gasteiger partial charge in [0.1, 0.15) is 5.78 Å². The molecule has 0 N–H and O–H groups in total. The van der Waals surface area contributed by atoms with Gasteiger partial charge in [0.05, 0.1) is 12.6 Å². The fourth-order valence-corrected chi connectivity index (χ4v) is 1.74. The summed E-state index contributed by atoms with van der Waals surface area (Å²) >= 11 is 0. The lowest BCUT2D eigenvalue weighted by Gasteiger charge is -2.16. The molecule has 2 atom stereocenters. The van der Waals surface area contributed by atoms with Crippen molar-refractivity contribution in [3.8, 4) is 0 Å². The van der Waals surface area contributed by atoms with Crippen LogP contribution in [0.2, 0.25) is 0 Å². The van der Waals surface area contributed by atoms with E-state index in [9.17, 15) is 4.79 Å². The third-order valence-electron chi connectivity index (χ3n) is 3.10. The van der Waals surface area contributed by atoms with Crippen LogP contribution in [0, 0.1) is 5.92 Å². The first-order chi connectivity index (χ1) is 6.67. The van der Waals surface area contributed by atoms with E-state index >= 15 is 0 Å². The van der Waals surface area contributed by atoms with Crippen LogP contribution >= 0.6 is 0 Å². The fraction of sp³-hybridized carbons (Fsp3) is 0.909. The molecule has 2 unspecified atom stereocenters. The van der Waals surface area contributed by atoms with Crippen LogP contribution in [0.15, 0.2) is 0 Å². The summed E-state index contributed by atoms with van der Waals surface area (Å²) in [5.74, 6) is 0.570. The van der Waals surface area contributed by atoms with E-state index in [1.165, 1.54) is 0 Å². The van der Waals surface area contributed by atoms with Gasteiger partial charge in [-0.2, -0.15) is 0 Å². The summed E-state index contributed by atoms with van der Waals surface area (Å²) in [6, 6.07) is 0. The number of hydrogen-bond donors (Lipinski definition) is 0. The number of hydrogen-bond acceptors (Lipinski definition) is 3. The molecule has 0 amide bonds. The van der Waals surface area contributed by atoms with E-state index in [0.717, 1.165) is 25.9 Å². The second-order valence-electron chi connectivity index (χ2n) is 4.16. The molecule has 14 heavy (non-hydrogen) atoms. The minimum absolute atomic E-state index is 0.205. The Morgan fingerprint density at radius 1 is 1.64 bits per heavy atom. The fourth-order valence-electron chi connectivity index (χ4n) is 1.74. The van der Waals surface area contributed by atoms with Gasteiger partial charge >= 0.3 is 0 Å². The molecule has 0 aromatic heterocycles. The Labute approximate surface area is 86.4 Å². The molecule has 3 nitrogen and oxygen atoms in total. The van der Waals surface area contributed by atoms with Crippen LogP contribution in [0.3, 0.4) is 0 Å². The average molecular weight is 199 g/mol. The second-order valence-corrected chi connectivity index (χ2v) is 4.16. The Kier molecular flexibility index (Phi) is 4.55. The van der Waals surface area contributed by atoms with Gasteiger partial charge in [-0.25, -0.2) is 0 Å². The Bertz CT molecular complexity index is 194. The maximum absolute atomic E-state index is 11.6. The van der Waals surface area contributed by atoms with Gasteiger partial charge in [0, 0.05) is 26.1 Å². The van der Waals surface area contributed by atoms with Crippen LogP contribution in [-0.2, 0) is 9.53 Å². The number of carbonyl (C=O) groups is 1. The van der Waals surface area contributed by atoms with E-state index in [4.69, 9.17) is 4.74 Å². The number of methoxy groups -OCH3 is 1. The summed E-state index contributed by atoms with van der Waals surface area (Å²) in [6.07, 6.45) is 2.34. The minimum atomic E-state index is 0.205. The zero-order chi connectivity index (χ0) is 10.6. The molecular formula is C11H21NO2. The van der Waals surface area contributed by atoms with Gasteiger partial charge in [0.15, 0.2) is 0 Å². The van der Waals surface area contributed by atoms with E-state index in [-0.39, 0.29) is 5.92 Å². The first-order valence-corrected chi connectivity index (χ1v) is 5.45. The van der Waals surface area contributed by atoms with Gasteiger partial charge < -0.3 is 4.74 Å². The van der Waals surface area contributed by atoms with Crippen molar-refractivity contribution in [3.63, 3.8) is 0 Å². The van der Waals surface area contributed by atoms with Crippen molar-refractivity contribution in [3.05, 3.63) is 0 Å². The topological polar surface area (TPSA) is 29.5 Å². The van der Waals surface area contributed by atoms with Gasteiger partial charge in [-0.1, -0.05) is 13.8 Å². The van der Waals surface area contributed by atoms with E-state index in [0.29, 0.717) is 18.4 Å². The number of Topliss-reactive ketones (excluding diaryl/α,β-unsaturated/α-hetero) is 1. The van der Waals surface area contributed by atoms with Gasteiger partial charge in [-0.15, -0.1) is 0 Å². The van der Waals surface area contributed by atoms with E-state index in [1.54, 1.807) is 7.11 Å². The van der Waals surface area contributed by atoms with Gasteiger partial charge in [-0.3, -0.25) is 9.69 Å². The van der Waals surface area contributed by atoms with Crippen molar-refractivity contribution in [1.82, 2.24) is 4.90 Å². The number of likely N-dealkylation sites (tertiary alicyclic amines) is 1. The van der Waals surface area contributed by atoms with Gasteiger partial charge in [0.2, 0.25) is 0 Å². The highest BCUT2D eigenvalue weighted by atomic mass is 16.5. The smallest absolute Gasteiger partial charge is 0.149 e. The largest absolute Gasteiger partial charge is 0.380 e. The molecule has 1 aliphatic heterocycles. The lowest BCUT2D eigenvalue weighted by molar-refractivity contribution is -0.123. The number of carbonyl (C=O) groups excluding carboxylic acids is 1. The Morgan fingerprint density at radius 3 is 2.86 bits per heavy atom. The molecule has 0 spiro atoms. The normalized spacial score (nSPS) is 25.2. The average Bonchev–Trinajstić information content (AvgIpc) is 2.64. The summed E-state index contributed by atoms with van der Waals surface area (Å²) < 4.78 is 5.26. The molecular weight excluding hydrogens is 178 g/mol. The van der Waals surface area contributed by atoms with Crippen LogP contribution < -0.4 is 0 Å². The third-order valence-corrected chi connectivity index (χ3v) is 3.10. The van der Waals surface area contributed by atoms with Crippen molar-refractivity contribution in [1.29, 1.82) is 0 Å². The van der Waals surface area contributed by atoms with Crippen molar-refractivity contribution in [2.24, 2.45) is 5.92 Å². The first-order valence-electron chi connectivity index (χ1n) is 5.45. The molecule has 1 fully saturated rings. The number of ketones is 1. The van der Waals surface area contributed by atoms with Crippen LogP contribution in [0.1, 0.15) is 26.7 Å². The molecule has 1 rings (SSSR count). The van der Waals surface area contributed by atoms with Crippen molar-refractivity contribution in [2.75, 3.05) is 26.7 Å². The molecule has 0 aliphatic carbocycles. The quantitative estimate of drug-likeness (QED) is 0.669. The van der Waals surface area contributed by atoms with Crippen LogP contribution in [0.4, 0.5) is 0 Å². The minimum Gasteiger partial charge on any atom is -0.380 e. The number of ether oxygens (including phenoxy) is 1. The molecule has 0 saturated carbocycles. The monoisotopic (exact) mass is 199 g/mol. The molecule has 0 aromatic carbocycles. The van der Waals surface area contributed by atoms with Crippen LogP contribution in [0.25, 0.3) is 0 Å². The van der Waals surface area contributed by atoms with E-state index in [1.807, 2.05) is 6.92 Å². The zero-order valence-corrected chi connectivity index (χ0v) is 9.45. The highest BCUT2D eigenvalue weighted by Gasteiger charge is 2.24. The highest BCUT2D eigenvalue weighted by Crippen LogP contribution is 2.13. The maximum atomic E-state index is 11.6. The summed E-state index contributed by atoms with van der Waals surface area (Å²) in [5, 5.41) is 0. The predicted molar refractivity (Wildman–Crippen MR) is 56.3 cm³/mol. The van der Waals surface area contributed by atoms with Crippen LogP contribution in [0.5, 0.6) is 0 Å². The summed E-state index contributed by atoms with van der Waals surface area (Å²) in [7, 11) is 1.74. The molecule has 0 radical (unpaired) electrons. The molecule has 0 bridgehead atoms. The molecule has 1 aliphatic rings. The van der Waals surface area contributed by atoms with Gasteiger partial charge in [0.25, 0.3) is 0 Å². The Balaban J connectivity index is 2.28. The van der Waals surface area contributed by atoms with Crippen molar-refractivity contribution >= 4 is 5.78 Å². The maximum Gasteiger partial charge on any atom is 0.149 e. The standard InChI is InChI=1S/C11H21NO2/c1-4-9(2)11(13)8-12-6-5-10(7-12)14-3/h9-10H,4-8H2,1-3H3. The summed E-state index contributed by atoms with van der Waals surface area (Å²) in [6.45, 7) is 6.59. The summed E-state index contributed by atoms with van der Waals surface area (Å²) in [4.78, 5) is 13.8. The Hall–Kier alpha value is -0.410. The first kappa shape index (κ1) is 11.7. The number of nitrogens with zero attached hydrogens (tertiary/aromatic N) is 1. The van der Waals surface area contributed by atoms with E-state index < -0.39 is 0 Å². The Morgan fingerprint density at radius 2 is 2.36 bits per heavy atom.